The molecule has 0 aromatic rings. The van der Waals surface area contributed by atoms with Gasteiger partial charge in [-0.1, -0.05) is 0 Å². The molecule has 0 aromatic carbocycles. The van der Waals surface area contributed by atoms with Crippen LogP contribution in [0, 0.1) is 0 Å². The molecule has 74 valence electrons. The summed E-state index contributed by atoms with van der Waals surface area (Å²) in [6, 6.07) is 0. The lowest BCUT2D eigenvalue weighted by Gasteiger charge is -2.04. The summed E-state index contributed by atoms with van der Waals surface area (Å²) in [5.41, 5.74) is 0. The number of halogens is 3. The molecule has 0 aromatic heterocycles. The van der Waals surface area contributed by atoms with E-state index in [1.807, 2.05) is 0 Å². The highest BCUT2D eigenvalue weighted by molar-refractivity contribution is 7.85. The summed E-state index contributed by atoms with van der Waals surface area (Å²) in [6.45, 7) is -0.418. The molecule has 0 rings (SSSR count). The number of alkyl halides is 3. The van der Waals surface area contributed by atoms with Crippen LogP contribution in [0.4, 0.5) is 13.2 Å². The lowest BCUT2D eigenvalue weighted by molar-refractivity contribution is -0.136. The van der Waals surface area contributed by atoms with Gasteiger partial charge in [-0.05, 0) is 6.42 Å². The van der Waals surface area contributed by atoms with Crippen LogP contribution in [-0.4, -0.2) is 27.5 Å². The fraction of sp³-hybridized carbons (Fsp3) is 1.00. The normalized spacial score (nSPS) is 13.3. The Morgan fingerprint density at radius 2 is 1.83 bits per heavy atom. The SMILES string of the molecule is CS(=O)(=O)OCCCC(F)(F)F. The lowest BCUT2D eigenvalue weighted by Crippen LogP contribution is -2.10. The third-order valence-corrected chi connectivity index (χ3v) is 1.50. The molecular weight excluding hydrogens is 197 g/mol. The molecule has 0 saturated heterocycles. The summed E-state index contributed by atoms with van der Waals surface area (Å²) in [4.78, 5) is 0. The molecular formula is C5H9F3O3S. The Hall–Kier alpha value is -0.300. The average Bonchev–Trinajstić information content (AvgIpc) is 1.76. The van der Waals surface area contributed by atoms with Crippen molar-refractivity contribution in [2.45, 2.75) is 19.0 Å². The molecule has 0 bridgehead atoms. The second-order valence-electron chi connectivity index (χ2n) is 2.24. The maximum atomic E-state index is 11.5. The van der Waals surface area contributed by atoms with Crippen LogP contribution in [0.2, 0.25) is 0 Å². The molecule has 0 saturated carbocycles. The molecule has 0 radical (unpaired) electrons. The minimum Gasteiger partial charge on any atom is -0.270 e. The van der Waals surface area contributed by atoms with Gasteiger partial charge in [0.1, 0.15) is 0 Å². The van der Waals surface area contributed by atoms with Gasteiger partial charge in [0.2, 0.25) is 0 Å². The Balaban J connectivity index is 3.48. The van der Waals surface area contributed by atoms with Crippen molar-refractivity contribution >= 4 is 10.1 Å². The molecule has 0 aliphatic rings. The summed E-state index contributed by atoms with van der Waals surface area (Å²) in [5, 5.41) is 0. The molecule has 12 heavy (non-hydrogen) atoms. The maximum Gasteiger partial charge on any atom is 0.389 e. The van der Waals surface area contributed by atoms with Gasteiger partial charge in [-0.2, -0.15) is 21.6 Å². The zero-order valence-electron chi connectivity index (χ0n) is 6.39. The van der Waals surface area contributed by atoms with E-state index in [2.05, 4.69) is 4.18 Å². The van der Waals surface area contributed by atoms with E-state index in [0.29, 0.717) is 0 Å². The van der Waals surface area contributed by atoms with Gasteiger partial charge in [0.15, 0.2) is 0 Å². The Morgan fingerprint density at radius 3 is 2.17 bits per heavy atom. The van der Waals surface area contributed by atoms with Crippen molar-refractivity contribution in [3.05, 3.63) is 0 Å². The van der Waals surface area contributed by atoms with Crippen LogP contribution in [0.15, 0.2) is 0 Å². The van der Waals surface area contributed by atoms with Gasteiger partial charge >= 0.3 is 6.18 Å². The molecule has 0 unspecified atom stereocenters. The molecule has 0 aliphatic carbocycles. The highest BCUT2D eigenvalue weighted by atomic mass is 32.2. The lowest BCUT2D eigenvalue weighted by atomic mass is 10.3. The van der Waals surface area contributed by atoms with Gasteiger partial charge in [0, 0.05) is 6.42 Å². The zero-order valence-corrected chi connectivity index (χ0v) is 7.20. The van der Waals surface area contributed by atoms with Crippen molar-refractivity contribution in [1.29, 1.82) is 0 Å². The summed E-state index contributed by atoms with van der Waals surface area (Å²) in [7, 11) is -3.61. The van der Waals surface area contributed by atoms with E-state index in [9.17, 15) is 21.6 Å². The quantitative estimate of drug-likeness (QED) is 0.514. The summed E-state index contributed by atoms with van der Waals surface area (Å²) < 4.78 is 59.0. The van der Waals surface area contributed by atoms with E-state index >= 15 is 0 Å². The van der Waals surface area contributed by atoms with Crippen LogP contribution >= 0.6 is 0 Å². The maximum absolute atomic E-state index is 11.5. The van der Waals surface area contributed by atoms with E-state index in [1.54, 1.807) is 0 Å². The third kappa shape index (κ3) is 9.70. The van der Waals surface area contributed by atoms with Gasteiger partial charge in [0.25, 0.3) is 10.1 Å². The van der Waals surface area contributed by atoms with Crippen molar-refractivity contribution in [1.82, 2.24) is 0 Å². The van der Waals surface area contributed by atoms with Gasteiger partial charge in [-0.25, -0.2) is 0 Å². The minimum atomic E-state index is -4.25. The number of hydrogen-bond donors (Lipinski definition) is 0. The standard InChI is InChI=1S/C5H9F3O3S/c1-12(9,10)11-4-2-3-5(6,7)8/h2-4H2,1H3. The third-order valence-electron chi connectivity index (χ3n) is 0.902. The molecule has 0 fully saturated rings. The van der Waals surface area contributed by atoms with E-state index in [1.165, 1.54) is 0 Å². The van der Waals surface area contributed by atoms with Crippen molar-refractivity contribution in [3.8, 4) is 0 Å². The first-order valence-corrected chi connectivity index (χ1v) is 4.93. The minimum absolute atomic E-state index is 0.337. The second-order valence-corrected chi connectivity index (χ2v) is 3.89. The molecule has 0 amide bonds. The van der Waals surface area contributed by atoms with E-state index < -0.39 is 29.3 Å². The molecule has 7 heteroatoms. The molecule has 0 heterocycles. The van der Waals surface area contributed by atoms with E-state index in [-0.39, 0.29) is 6.42 Å². The second kappa shape index (κ2) is 4.08. The molecule has 0 aliphatic heterocycles. The van der Waals surface area contributed by atoms with Gasteiger partial charge in [-0.15, -0.1) is 0 Å². The average molecular weight is 206 g/mol. The first-order chi connectivity index (χ1) is 5.21. The summed E-state index contributed by atoms with van der Waals surface area (Å²) in [5.74, 6) is 0. The number of hydrogen-bond acceptors (Lipinski definition) is 3. The smallest absolute Gasteiger partial charge is 0.270 e. The van der Waals surface area contributed by atoms with Gasteiger partial charge < -0.3 is 0 Å². The Morgan fingerprint density at radius 1 is 1.33 bits per heavy atom. The van der Waals surface area contributed by atoms with Crippen LogP contribution in [0.5, 0.6) is 0 Å². The topological polar surface area (TPSA) is 43.4 Å². The molecule has 0 spiro atoms. The zero-order chi connectivity index (χ0) is 9.83. The largest absolute Gasteiger partial charge is 0.389 e. The fourth-order valence-electron chi connectivity index (χ4n) is 0.483. The van der Waals surface area contributed by atoms with E-state index in [4.69, 9.17) is 0 Å². The molecule has 3 nitrogen and oxygen atoms in total. The number of rotatable bonds is 4. The van der Waals surface area contributed by atoms with Crippen LogP contribution in [-0.2, 0) is 14.3 Å². The van der Waals surface area contributed by atoms with Crippen molar-refractivity contribution in [2.75, 3.05) is 12.9 Å². The first kappa shape index (κ1) is 11.7. The summed E-state index contributed by atoms with van der Waals surface area (Å²) >= 11 is 0. The Kier molecular flexibility index (Phi) is 3.98. The van der Waals surface area contributed by atoms with Crippen molar-refractivity contribution < 1.29 is 25.8 Å². The molecule has 0 N–H and O–H groups in total. The highest BCUT2D eigenvalue weighted by Crippen LogP contribution is 2.21. The Labute approximate surface area is 68.6 Å². The van der Waals surface area contributed by atoms with Crippen LogP contribution in [0.1, 0.15) is 12.8 Å². The Bertz CT molecular complexity index is 219. The van der Waals surface area contributed by atoms with Crippen molar-refractivity contribution in [2.24, 2.45) is 0 Å². The highest BCUT2D eigenvalue weighted by Gasteiger charge is 2.26. The van der Waals surface area contributed by atoms with Crippen LogP contribution < -0.4 is 0 Å². The molecule has 0 atom stereocenters. The predicted octanol–water partition coefficient (Wildman–Crippen LogP) is 1.31. The van der Waals surface area contributed by atoms with Crippen LogP contribution in [0.25, 0.3) is 0 Å². The predicted molar refractivity (Wildman–Crippen MR) is 36.1 cm³/mol. The van der Waals surface area contributed by atoms with Gasteiger partial charge in [-0.3, -0.25) is 4.18 Å². The fourth-order valence-corrected chi connectivity index (χ4v) is 0.904. The first-order valence-electron chi connectivity index (χ1n) is 3.12. The van der Waals surface area contributed by atoms with Gasteiger partial charge in [0.05, 0.1) is 12.9 Å². The summed E-state index contributed by atoms with van der Waals surface area (Å²) in [6.07, 6.45) is -4.82. The van der Waals surface area contributed by atoms with E-state index in [0.717, 1.165) is 6.26 Å². The van der Waals surface area contributed by atoms with Crippen molar-refractivity contribution in [3.63, 3.8) is 0 Å². The van der Waals surface area contributed by atoms with Crippen LogP contribution in [0.3, 0.4) is 0 Å². The monoisotopic (exact) mass is 206 g/mol.